The van der Waals surface area contributed by atoms with Gasteiger partial charge in [-0.3, -0.25) is 9.59 Å². The Labute approximate surface area is 206 Å². The molecule has 3 amide bonds. The summed E-state index contributed by atoms with van der Waals surface area (Å²) >= 11 is 0. The van der Waals surface area contributed by atoms with E-state index in [1.165, 1.54) is 0 Å². The van der Waals surface area contributed by atoms with Crippen LogP contribution in [0.3, 0.4) is 0 Å². The van der Waals surface area contributed by atoms with Crippen molar-refractivity contribution < 1.29 is 19.1 Å². The van der Waals surface area contributed by atoms with Crippen LogP contribution in [0.5, 0.6) is 0 Å². The topological polar surface area (TPSA) is 87.7 Å². The van der Waals surface area contributed by atoms with E-state index in [4.69, 9.17) is 4.74 Å². The summed E-state index contributed by atoms with van der Waals surface area (Å²) in [4.78, 5) is 42.0. The number of rotatable bonds is 9. The fourth-order valence-corrected chi connectivity index (χ4v) is 3.66. The molecule has 0 aromatic heterocycles. The Morgan fingerprint density at radius 3 is 2.03 bits per heavy atom. The van der Waals surface area contributed by atoms with Crippen LogP contribution >= 0.6 is 0 Å². The summed E-state index contributed by atoms with van der Waals surface area (Å²) in [6, 6.07) is 5.84. The van der Waals surface area contributed by atoms with E-state index in [-0.39, 0.29) is 23.8 Å². The van der Waals surface area contributed by atoms with Crippen LogP contribution in [-0.4, -0.2) is 46.0 Å². The Bertz CT molecular complexity index is 856. The Kier molecular flexibility index (Phi) is 10.2. The molecule has 0 aliphatic rings. The monoisotopic (exact) mass is 475 g/mol. The van der Waals surface area contributed by atoms with Crippen LogP contribution in [0.4, 0.5) is 4.79 Å². The standard InChI is InChI=1S/C27H45N3O4/c1-12-27(10,11)30(24(32)21(17(2)3)29-25(33)34-26(7,8)9)22(23(31)28-18(4)5)20-15-13-14-19(6)16-20/h13-18,21-22H,12H2,1-11H3,(H,28,31)(H,29,33). The minimum atomic E-state index is -0.861. The third-order valence-electron chi connectivity index (χ3n) is 5.66. The van der Waals surface area contributed by atoms with E-state index in [9.17, 15) is 14.4 Å². The van der Waals surface area contributed by atoms with Crippen molar-refractivity contribution in [2.75, 3.05) is 0 Å². The van der Waals surface area contributed by atoms with E-state index in [1.54, 1.807) is 25.7 Å². The lowest BCUT2D eigenvalue weighted by atomic mass is 9.90. The van der Waals surface area contributed by atoms with Crippen LogP contribution in [0.2, 0.25) is 0 Å². The molecule has 0 heterocycles. The van der Waals surface area contributed by atoms with E-state index in [2.05, 4.69) is 10.6 Å². The van der Waals surface area contributed by atoms with Crippen LogP contribution in [0.25, 0.3) is 0 Å². The molecule has 7 heteroatoms. The molecule has 2 N–H and O–H groups in total. The average molecular weight is 476 g/mol. The highest BCUT2D eigenvalue weighted by Gasteiger charge is 2.44. The molecule has 0 bridgehead atoms. The van der Waals surface area contributed by atoms with Gasteiger partial charge in [-0.05, 0) is 73.3 Å². The molecule has 1 aromatic rings. The van der Waals surface area contributed by atoms with Crippen LogP contribution in [0.15, 0.2) is 24.3 Å². The van der Waals surface area contributed by atoms with Gasteiger partial charge in [-0.25, -0.2) is 4.79 Å². The largest absolute Gasteiger partial charge is 0.444 e. The minimum absolute atomic E-state index is 0.0951. The first-order chi connectivity index (χ1) is 15.5. The van der Waals surface area contributed by atoms with E-state index < -0.39 is 29.3 Å². The number of amides is 3. The number of carbonyl (C=O) groups is 3. The van der Waals surface area contributed by atoms with E-state index in [0.29, 0.717) is 6.42 Å². The van der Waals surface area contributed by atoms with Gasteiger partial charge in [0, 0.05) is 11.6 Å². The van der Waals surface area contributed by atoms with Crippen LogP contribution in [0.1, 0.15) is 92.8 Å². The maximum atomic E-state index is 14.2. The zero-order chi connectivity index (χ0) is 26.4. The van der Waals surface area contributed by atoms with Gasteiger partial charge < -0.3 is 20.3 Å². The highest BCUT2D eigenvalue weighted by Crippen LogP contribution is 2.33. The van der Waals surface area contributed by atoms with E-state index in [1.807, 2.05) is 79.7 Å². The Hall–Kier alpha value is -2.57. The van der Waals surface area contributed by atoms with Gasteiger partial charge in [0.05, 0.1) is 0 Å². The van der Waals surface area contributed by atoms with Crippen molar-refractivity contribution in [3.05, 3.63) is 35.4 Å². The molecular formula is C27H45N3O4. The molecule has 34 heavy (non-hydrogen) atoms. The fraction of sp³-hybridized carbons (Fsp3) is 0.667. The molecule has 0 saturated heterocycles. The number of ether oxygens (including phenoxy) is 1. The third-order valence-corrected chi connectivity index (χ3v) is 5.66. The quantitative estimate of drug-likeness (QED) is 0.518. The molecule has 0 aliphatic heterocycles. The molecule has 1 aromatic carbocycles. The second-order valence-electron chi connectivity index (χ2n) is 11.2. The molecule has 7 nitrogen and oxygen atoms in total. The molecule has 1 rings (SSSR count). The molecule has 2 unspecified atom stereocenters. The van der Waals surface area contributed by atoms with Gasteiger partial charge in [-0.2, -0.15) is 0 Å². The lowest BCUT2D eigenvalue weighted by Gasteiger charge is -2.45. The van der Waals surface area contributed by atoms with Crippen LogP contribution < -0.4 is 10.6 Å². The lowest BCUT2D eigenvalue weighted by Crippen LogP contribution is -2.60. The highest BCUT2D eigenvalue weighted by atomic mass is 16.6. The SMILES string of the molecule is CCC(C)(C)N(C(=O)C(NC(=O)OC(C)(C)C)C(C)C)C(C(=O)NC(C)C)c1cccc(C)c1. The Morgan fingerprint density at radius 1 is 1.00 bits per heavy atom. The van der Waals surface area contributed by atoms with Gasteiger partial charge in [0.15, 0.2) is 0 Å². The van der Waals surface area contributed by atoms with Gasteiger partial charge in [0.1, 0.15) is 17.7 Å². The van der Waals surface area contributed by atoms with Crippen molar-refractivity contribution in [1.82, 2.24) is 15.5 Å². The number of hydrogen-bond acceptors (Lipinski definition) is 4. The summed E-state index contributed by atoms with van der Waals surface area (Å²) in [6.07, 6.45) is -0.0414. The lowest BCUT2D eigenvalue weighted by molar-refractivity contribution is -0.150. The molecule has 0 radical (unpaired) electrons. The van der Waals surface area contributed by atoms with Gasteiger partial charge in [-0.1, -0.05) is 50.6 Å². The van der Waals surface area contributed by atoms with Crippen molar-refractivity contribution in [3.8, 4) is 0 Å². The van der Waals surface area contributed by atoms with Gasteiger partial charge in [0.2, 0.25) is 11.8 Å². The van der Waals surface area contributed by atoms with Crippen LogP contribution in [-0.2, 0) is 14.3 Å². The zero-order valence-corrected chi connectivity index (χ0v) is 22.9. The second kappa shape index (κ2) is 11.7. The van der Waals surface area contributed by atoms with Gasteiger partial charge in [-0.15, -0.1) is 0 Å². The number of nitrogens with zero attached hydrogens (tertiary/aromatic N) is 1. The predicted octanol–water partition coefficient (Wildman–Crippen LogP) is 5.13. The number of alkyl carbamates (subject to hydrolysis) is 1. The van der Waals surface area contributed by atoms with Crippen molar-refractivity contribution in [2.45, 2.75) is 112 Å². The maximum absolute atomic E-state index is 14.2. The first-order valence-corrected chi connectivity index (χ1v) is 12.2. The average Bonchev–Trinajstić information content (AvgIpc) is 2.67. The number of nitrogens with one attached hydrogen (secondary N) is 2. The van der Waals surface area contributed by atoms with Crippen molar-refractivity contribution >= 4 is 17.9 Å². The maximum Gasteiger partial charge on any atom is 0.408 e. The summed E-state index contributed by atoms with van der Waals surface area (Å²) < 4.78 is 5.42. The summed E-state index contributed by atoms with van der Waals surface area (Å²) in [5.74, 6) is -0.796. The smallest absolute Gasteiger partial charge is 0.408 e. The van der Waals surface area contributed by atoms with Gasteiger partial charge in [0.25, 0.3) is 0 Å². The Balaban J connectivity index is 3.61. The highest BCUT2D eigenvalue weighted by molar-refractivity contribution is 5.93. The Morgan fingerprint density at radius 2 is 1.59 bits per heavy atom. The number of carbonyl (C=O) groups excluding carboxylic acids is 3. The van der Waals surface area contributed by atoms with E-state index >= 15 is 0 Å². The molecule has 192 valence electrons. The fourth-order valence-electron chi connectivity index (χ4n) is 3.66. The first-order valence-electron chi connectivity index (χ1n) is 12.2. The molecule has 0 spiro atoms. The second-order valence-corrected chi connectivity index (χ2v) is 11.2. The number of hydrogen-bond donors (Lipinski definition) is 2. The summed E-state index contributed by atoms with van der Waals surface area (Å²) in [6.45, 7) is 20.7. The van der Waals surface area contributed by atoms with Crippen LogP contribution in [0, 0.1) is 12.8 Å². The normalized spacial score (nSPS) is 13.9. The minimum Gasteiger partial charge on any atom is -0.444 e. The predicted molar refractivity (Wildman–Crippen MR) is 136 cm³/mol. The zero-order valence-electron chi connectivity index (χ0n) is 22.9. The summed E-state index contributed by atoms with van der Waals surface area (Å²) in [7, 11) is 0. The van der Waals surface area contributed by atoms with Crippen molar-refractivity contribution in [2.24, 2.45) is 5.92 Å². The molecule has 0 fully saturated rings. The number of aryl methyl sites for hydroxylation is 1. The number of benzene rings is 1. The molecule has 2 atom stereocenters. The van der Waals surface area contributed by atoms with E-state index in [0.717, 1.165) is 11.1 Å². The van der Waals surface area contributed by atoms with Crippen molar-refractivity contribution in [3.63, 3.8) is 0 Å². The molecule has 0 saturated carbocycles. The summed E-state index contributed by atoms with van der Waals surface area (Å²) in [5.41, 5.74) is 0.363. The summed E-state index contributed by atoms with van der Waals surface area (Å²) in [5, 5.41) is 5.75. The third kappa shape index (κ3) is 8.33. The first kappa shape index (κ1) is 29.5. The van der Waals surface area contributed by atoms with Crippen molar-refractivity contribution in [1.29, 1.82) is 0 Å². The molecular weight excluding hydrogens is 430 g/mol. The van der Waals surface area contributed by atoms with Gasteiger partial charge >= 0.3 is 6.09 Å². The molecule has 0 aliphatic carbocycles.